The van der Waals surface area contributed by atoms with Crippen LogP contribution in [0.25, 0.3) is 0 Å². The fraction of sp³-hybridized carbons (Fsp3) is 0.556. The summed E-state index contributed by atoms with van der Waals surface area (Å²) in [5.41, 5.74) is 7.51. The van der Waals surface area contributed by atoms with Crippen molar-refractivity contribution in [1.29, 1.82) is 0 Å². The number of nitrogens with two attached hydrogens (primary N) is 1. The van der Waals surface area contributed by atoms with Crippen molar-refractivity contribution in [2.24, 2.45) is 5.73 Å². The van der Waals surface area contributed by atoms with E-state index in [4.69, 9.17) is 5.73 Å². The zero-order valence-electron chi connectivity index (χ0n) is 8.39. The summed E-state index contributed by atoms with van der Waals surface area (Å²) in [6, 6.07) is 0. The number of aromatic nitrogens is 2. The smallest absolute Gasteiger partial charge is 0.132 e. The van der Waals surface area contributed by atoms with E-state index in [0.717, 1.165) is 29.4 Å². The molecule has 1 aromatic heterocycles. The molecule has 0 radical (unpaired) electrons. The van der Waals surface area contributed by atoms with Gasteiger partial charge in [0.25, 0.3) is 0 Å². The van der Waals surface area contributed by atoms with Gasteiger partial charge in [0, 0.05) is 24.3 Å². The van der Waals surface area contributed by atoms with E-state index in [0.29, 0.717) is 6.54 Å². The third-order valence-corrected chi connectivity index (χ3v) is 1.94. The van der Waals surface area contributed by atoms with E-state index < -0.39 is 0 Å². The second-order valence-electron chi connectivity index (χ2n) is 3.05. The first-order valence-electron chi connectivity index (χ1n) is 4.41. The summed E-state index contributed by atoms with van der Waals surface area (Å²) >= 11 is 0. The summed E-state index contributed by atoms with van der Waals surface area (Å²) in [5, 5.41) is 3.17. The Bertz CT molecular complexity index is 296. The van der Waals surface area contributed by atoms with E-state index in [9.17, 15) is 0 Å². The van der Waals surface area contributed by atoms with Crippen molar-refractivity contribution in [3.8, 4) is 0 Å². The standard InChI is InChI=1S/C9H16N4/c1-6-7(2)12-8(3)13-9(6)11-5-4-10/h4-5,10H2,1-3H3,(H,11,12,13). The molecule has 3 N–H and O–H groups in total. The fourth-order valence-corrected chi connectivity index (χ4v) is 1.13. The van der Waals surface area contributed by atoms with E-state index in [2.05, 4.69) is 15.3 Å². The van der Waals surface area contributed by atoms with Gasteiger partial charge in [0.1, 0.15) is 11.6 Å². The Morgan fingerprint density at radius 1 is 1.23 bits per heavy atom. The van der Waals surface area contributed by atoms with Crippen LogP contribution in [0.5, 0.6) is 0 Å². The Hall–Kier alpha value is -1.16. The molecule has 4 heteroatoms. The normalized spacial score (nSPS) is 10.2. The highest BCUT2D eigenvalue weighted by molar-refractivity contribution is 5.45. The van der Waals surface area contributed by atoms with Crippen molar-refractivity contribution in [2.75, 3.05) is 18.4 Å². The molecule has 0 aliphatic rings. The minimum absolute atomic E-state index is 0.613. The zero-order valence-corrected chi connectivity index (χ0v) is 8.39. The highest BCUT2D eigenvalue weighted by Gasteiger charge is 2.03. The highest BCUT2D eigenvalue weighted by Crippen LogP contribution is 2.13. The molecule has 0 unspecified atom stereocenters. The van der Waals surface area contributed by atoms with Gasteiger partial charge in [-0.25, -0.2) is 9.97 Å². The van der Waals surface area contributed by atoms with Gasteiger partial charge in [0.2, 0.25) is 0 Å². The van der Waals surface area contributed by atoms with Crippen LogP contribution < -0.4 is 11.1 Å². The Morgan fingerprint density at radius 2 is 1.92 bits per heavy atom. The molecule has 1 heterocycles. The quantitative estimate of drug-likeness (QED) is 0.721. The van der Waals surface area contributed by atoms with Crippen LogP contribution in [0, 0.1) is 20.8 Å². The predicted molar refractivity (Wildman–Crippen MR) is 53.8 cm³/mol. The van der Waals surface area contributed by atoms with Crippen LogP contribution >= 0.6 is 0 Å². The van der Waals surface area contributed by atoms with Crippen LogP contribution in [0.3, 0.4) is 0 Å². The lowest BCUT2D eigenvalue weighted by molar-refractivity contribution is 0.953. The summed E-state index contributed by atoms with van der Waals surface area (Å²) < 4.78 is 0. The fourth-order valence-electron chi connectivity index (χ4n) is 1.13. The van der Waals surface area contributed by atoms with Crippen LogP contribution in [-0.4, -0.2) is 23.1 Å². The summed E-state index contributed by atoms with van der Waals surface area (Å²) in [6.07, 6.45) is 0. The van der Waals surface area contributed by atoms with Crippen LogP contribution in [-0.2, 0) is 0 Å². The molecule has 0 atom stereocenters. The summed E-state index contributed by atoms with van der Waals surface area (Å²) in [5.74, 6) is 1.69. The van der Waals surface area contributed by atoms with Crippen molar-refractivity contribution >= 4 is 5.82 Å². The van der Waals surface area contributed by atoms with Gasteiger partial charge in [0.05, 0.1) is 0 Å². The average Bonchev–Trinajstić information content (AvgIpc) is 2.09. The van der Waals surface area contributed by atoms with Crippen LogP contribution in [0.4, 0.5) is 5.82 Å². The first-order chi connectivity index (χ1) is 6.15. The van der Waals surface area contributed by atoms with Crippen molar-refractivity contribution in [2.45, 2.75) is 20.8 Å². The first kappa shape index (κ1) is 9.92. The molecule has 13 heavy (non-hydrogen) atoms. The lowest BCUT2D eigenvalue weighted by Crippen LogP contribution is -2.15. The molecule has 0 aromatic carbocycles. The SMILES string of the molecule is Cc1nc(C)c(C)c(NCCN)n1. The molecule has 4 nitrogen and oxygen atoms in total. The number of anilines is 1. The maximum absolute atomic E-state index is 5.40. The van der Waals surface area contributed by atoms with E-state index in [1.807, 2.05) is 20.8 Å². The molecule has 0 saturated heterocycles. The number of aryl methyl sites for hydroxylation is 2. The molecule has 1 rings (SSSR count). The van der Waals surface area contributed by atoms with Crippen LogP contribution in [0.1, 0.15) is 17.1 Å². The maximum Gasteiger partial charge on any atom is 0.132 e. The van der Waals surface area contributed by atoms with Gasteiger partial charge < -0.3 is 11.1 Å². The maximum atomic E-state index is 5.40. The second-order valence-corrected chi connectivity index (χ2v) is 3.05. The molecule has 0 bridgehead atoms. The number of rotatable bonds is 3. The van der Waals surface area contributed by atoms with E-state index in [-0.39, 0.29) is 0 Å². The van der Waals surface area contributed by atoms with Crippen molar-refractivity contribution in [3.63, 3.8) is 0 Å². The average molecular weight is 180 g/mol. The molecule has 0 amide bonds. The third-order valence-electron chi connectivity index (χ3n) is 1.94. The predicted octanol–water partition coefficient (Wildman–Crippen LogP) is 0.772. The third kappa shape index (κ3) is 2.39. The molecule has 72 valence electrons. The highest BCUT2D eigenvalue weighted by atomic mass is 15.0. The molecule has 0 saturated carbocycles. The minimum atomic E-state index is 0.613. The Balaban J connectivity index is 2.92. The van der Waals surface area contributed by atoms with Gasteiger partial charge in [-0.1, -0.05) is 0 Å². The van der Waals surface area contributed by atoms with E-state index in [1.165, 1.54) is 0 Å². The molecule has 1 aromatic rings. The Labute approximate surface area is 78.6 Å². The Kier molecular flexibility index (Phi) is 3.19. The zero-order chi connectivity index (χ0) is 9.84. The van der Waals surface area contributed by atoms with E-state index >= 15 is 0 Å². The van der Waals surface area contributed by atoms with Crippen LogP contribution in [0.15, 0.2) is 0 Å². The van der Waals surface area contributed by atoms with Crippen molar-refractivity contribution in [3.05, 3.63) is 17.1 Å². The monoisotopic (exact) mass is 180 g/mol. The largest absolute Gasteiger partial charge is 0.368 e. The van der Waals surface area contributed by atoms with Gasteiger partial charge >= 0.3 is 0 Å². The van der Waals surface area contributed by atoms with Gasteiger partial charge in [-0.15, -0.1) is 0 Å². The second kappa shape index (κ2) is 4.18. The van der Waals surface area contributed by atoms with Gasteiger partial charge in [-0.05, 0) is 20.8 Å². The molecule has 0 aliphatic heterocycles. The summed E-state index contributed by atoms with van der Waals surface area (Å²) in [6.45, 7) is 7.24. The van der Waals surface area contributed by atoms with Gasteiger partial charge in [-0.2, -0.15) is 0 Å². The number of nitrogens with one attached hydrogen (secondary N) is 1. The molecule has 0 fully saturated rings. The topological polar surface area (TPSA) is 63.8 Å². The van der Waals surface area contributed by atoms with Crippen molar-refractivity contribution < 1.29 is 0 Å². The van der Waals surface area contributed by atoms with E-state index in [1.54, 1.807) is 0 Å². The Morgan fingerprint density at radius 3 is 2.54 bits per heavy atom. The molecule has 0 spiro atoms. The van der Waals surface area contributed by atoms with Crippen LogP contribution in [0.2, 0.25) is 0 Å². The number of hydrogen-bond donors (Lipinski definition) is 2. The minimum Gasteiger partial charge on any atom is -0.368 e. The summed E-state index contributed by atoms with van der Waals surface area (Å²) in [4.78, 5) is 8.55. The molecule has 0 aliphatic carbocycles. The molecular weight excluding hydrogens is 164 g/mol. The first-order valence-corrected chi connectivity index (χ1v) is 4.41. The summed E-state index contributed by atoms with van der Waals surface area (Å²) in [7, 11) is 0. The number of hydrogen-bond acceptors (Lipinski definition) is 4. The lowest BCUT2D eigenvalue weighted by Gasteiger charge is -2.09. The number of nitrogens with zero attached hydrogens (tertiary/aromatic N) is 2. The van der Waals surface area contributed by atoms with Crippen molar-refractivity contribution in [1.82, 2.24) is 9.97 Å². The van der Waals surface area contributed by atoms with Gasteiger partial charge in [0.15, 0.2) is 0 Å². The lowest BCUT2D eigenvalue weighted by atomic mass is 10.2. The van der Waals surface area contributed by atoms with Gasteiger partial charge in [-0.3, -0.25) is 0 Å². The molecular formula is C9H16N4.